The van der Waals surface area contributed by atoms with Gasteiger partial charge in [0.1, 0.15) is 0 Å². The summed E-state index contributed by atoms with van der Waals surface area (Å²) < 4.78 is 21.4. The quantitative estimate of drug-likeness (QED) is 0.142. The molecule has 0 aliphatic carbocycles. The predicted molar refractivity (Wildman–Crippen MR) is 132 cm³/mol. The van der Waals surface area contributed by atoms with Crippen LogP contribution in [0.4, 0.5) is 0 Å². The van der Waals surface area contributed by atoms with Crippen molar-refractivity contribution in [2.75, 3.05) is 21.3 Å². The number of carbonyl (C=O) groups is 1. The molecule has 6 nitrogen and oxygen atoms in total. The van der Waals surface area contributed by atoms with E-state index >= 15 is 0 Å². The summed E-state index contributed by atoms with van der Waals surface area (Å²) in [7, 11) is 4.58. The van der Waals surface area contributed by atoms with E-state index < -0.39 is 5.97 Å². The molecule has 0 aliphatic rings. The van der Waals surface area contributed by atoms with Gasteiger partial charge in [0.15, 0.2) is 23.0 Å². The maximum atomic E-state index is 12.3. The third-order valence-corrected chi connectivity index (χ3v) is 5.01. The molecule has 6 heteroatoms. The molecule has 0 radical (unpaired) electrons. The molecule has 0 amide bonds. The zero-order chi connectivity index (χ0) is 24.5. The first kappa shape index (κ1) is 24.1. The van der Waals surface area contributed by atoms with Crippen molar-refractivity contribution in [3.63, 3.8) is 0 Å². The molecule has 0 heterocycles. The monoisotopic (exact) mass is 455 g/mol. The molecule has 0 atom stereocenters. The number of hydrogen-bond acceptors (Lipinski definition) is 6. The van der Waals surface area contributed by atoms with E-state index in [4.69, 9.17) is 18.9 Å². The number of methoxy groups -OCH3 is 3. The summed E-state index contributed by atoms with van der Waals surface area (Å²) >= 11 is 0. The summed E-state index contributed by atoms with van der Waals surface area (Å²) in [6.07, 6.45) is 4.77. The molecule has 0 spiro atoms. The minimum absolute atomic E-state index is 0.280. The highest BCUT2D eigenvalue weighted by Gasteiger charge is 2.11. The molecule has 0 fully saturated rings. The molecule has 0 bridgehead atoms. The highest BCUT2D eigenvalue weighted by molar-refractivity contribution is 5.91. The van der Waals surface area contributed by atoms with Gasteiger partial charge < -0.3 is 18.9 Å². The van der Waals surface area contributed by atoms with Crippen LogP contribution in [0.2, 0.25) is 0 Å². The zero-order valence-electron chi connectivity index (χ0n) is 19.5. The van der Waals surface area contributed by atoms with Crippen LogP contribution in [-0.4, -0.2) is 27.3 Å². The van der Waals surface area contributed by atoms with E-state index in [9.17, 15) is 10.1 Å². The summed E-state index contributed by atoms with van der Waals surface area (Å²) in [6.45, 7) is 2.00. The summed E-state index contributed by atoms with van der Waals surface area (Å²) in [5.74, 6) is 1.23. The molecular weight excluding hydrogens is 430 g/mol. The first-order chi connectivity index (χ1) is 16.5. The average Bonchev–Trinajstić information content (AvgIpc) is 2.87. The number of benzene rings is 3. The summed E-state index contributed by atoms with van der Waals surface area (Å²) in [5.41, 5.74) is 3.85. The topological polar surface area (TPSA) is 77.8 Å². The Hall–Kier alpha value is -4.50. The van der Waals surface area contributed by atoms with Crippen molar-refractivity contribution in [2.24, 2.45) is 0 Å². The first-order valence-corrected chi connectivity index (χ1v) is 10.5. The molecule has 3 rings (SSSR count). The third kappa shape index (κ3) is 6.05. The lowest BCUT2D eigenvalue weighted by Gasteiger charge is -2.10. The Morgan fingerprint density at radius 3 is 2.06 bits per heavy atom. The predicted octanol–water partition coefficient (Wildman–Crippen LogP) is 5.70. The van der Waals surface area contributed by atoms with E-state index in [0.717, 1.165) is 11.1 Å². The van der Waals surface area contributed by atoms with Gasteiger partial charge in [-0.15, -0.1) is 0 Å². The molecule has 0 N–H and O–H groups in total. The fraction of sp³-hybridized carbons (Fsp3) is 0.143. The molecule has 3 aromatic carbocycles. The molecular formula is C28H25NO5. The van der Waals surface area contributed by atoms with E-state index in [1.165, 1.54) is 20.3 Å². The van der Waals surface area contributed by atoms with Gasteiger partial charge in [0.25, 0.3) is 0 Å². The summed E-state index contributed by atoms with van der Waals surface area (Å²) in [5, 5.41) is 9.70. The first-order valence-electron chi connectivity index (χ1n) is 10.5. The van der Waals surface area contributed by atoms with Crippen molar-refractivity contribution in [1.29, 1.82) is 5.26 Å². The van der Waals surface area contributed by atoms with E-state index in [1.54, 1.807) is 55.7 Å². The lowest BCUT2D eigenvalue weighted by Crippen LogP contribution is -2.05. The Balaban J connectivity index is 1.81. The highest BCUT2D eigenvalue weighted by atomic mass is 16.6. The molecule has 0 aliphatic heterocycles. The van der Waals surface area contributed by atoms with Crippen molar-refractivity contribution in [2.45, 2.75) is 6.92 Å². The second-order valence-corrected chi connectivity index (χ2v) is 7.31. The van der Waals surface area contributed by atoms with Crippen LogP contribution in [0.5, 0.6) is 23.0 Å². The Morgan fingerprint density at radius 1 is 0.794 bits per heavy atom. The van der Waals surface area contributed by atoms with Gasteiger partial charge in [0.05, 0.1) is 33.0 Å². The number of carbonyl (C=O) groups excluding carboxylic acids is 1. The van der Waals surface area contributed by atoms with Gasteiger partial charge in [-0.3, -0.25) is 0 Å². The van der Waals surface area contributed by atoms with Gasteiger partial charge in [0, 0.05) is 6.08 Å². The third-order valence-electron chi connectivity index (χ3n) is 5.01. The Bertz CT molecular complexity index is 1270. The maximum absolute atomic E-state index is 12.3. The minimum atomic E-state index is -0.523. The van der Waals surface area contributed by atoms with Gasteiger partial charge in [-0.1, -0.05) is 35.9 Å². The fourth-order valence-corrected chi connectivity index (χ4v) is 3.19. The number of rotatable bonds is 8. The smallest absolute Gasteiger partial charge is 0.336 e. The van der Waals surface area contributed by atoms with Gasteiger partial charge in [-0.2, -0.15) is 5.26 Å². The zero-order valence-corrected chi connectivity index (χ0v) is 19.5. The van der Waals surface area contributed by atoms with Crippen LogP contribution in [0.25, 0.3) is 17.7 Å². The standard InChI is InChI=1S/C28H25NO5/c1-19-5-7-20(8-6-19)10-14-28(30)34-25-12-9-21(16-26(25)32-3)15-23(18-29)22-11-13-24(31-2)27(17-22)33-4/h5-17H,1-4H3/b14-10+,23-15-. The van der Waals surface area contributed by atoms with Crippen LogP contribution in [0.1, 0.15) is 22.3 Å². The molecule has 0 saturated heterocycles. The van der Waals surface area contributed by atoms with E-state index in [1.807, 2.05) is 31.2 Å². The van der Waals surface area contributed by atoms with E-state index in [2.05, 4.69) is 6.07 Å². The van der Waals surface area contributed by atoms with Crippen molar-refractivity contribution in [1.82, 2.24) is 0 Å². The van der Waals surface area contributed by atoms with Gasteiger partial charge in [-0.05, 0) is 66.1 Å². The molecule has 34 heavy (non-hydrogen) atoms. The largest absolute Gasteiger partial charge is 0.493 e. The van der Waals surface area contributed by atoms with Crippen LogP contribution in [-0.2, 0) is 4.79 Å². The molecule has 0 unspecified atom stereocenters. The van der Waals surface area contributed by atoms with Crippen molar-refractivity contribution >= 4 is 23.7 Å². The number of nitrogens with zero attached hydrogens (tertiary/aromatic N) is 1. The van der Waals surface area contributed by atoms with Gasteiger partial charge in [-0.25, -0.2) is 4.79 Å². The number of allylic oxidation sites excluding steroid dienone is 1. The van der Waals surface area contributed by atoms with Crippen molar-refractivity contribution in [3.8, 4) is 29.1 Å². The lowest BCUT2D eigenvalue weighted by molar-refractivity contribution is -0.129. The van der Waals surface area contributed by atoms with Gasteiger partial charge >= 0.3 is 5.97 Å². The molecule has 3 aromatic rings. The Kier molecular flexibility index (Phi) is 8.09. The van der Waals surface area contributed by atoms with Crippen molar-refractivity contribution < 1.29 is 23.7 Å². The van der Waals surface area contributed by atoms with E-state index in [0.29, 0.717) is 33.9 Å². The van der Waals surface area contributed by atoms with Gasteiger partial charge in [0.2, 0.25) is 0 Å². The number of aryl methyl sites for hydroxylation is 1. The summed E-state index contributed by atoms with van der Waals surface area (Å²) in [4.78, 5) is 12.3. The normalized spacial score (nSPS) is 11.1. The SMILES string of the molecule is COc1ccc(/C(C#N)=C\c2ccc(OC(=O)/C=C/c3ccc(C)cc3)c(OC)c2)cc1OC. The number of nitriles is 1. The molecule has 0 aromatic heterocycles. The van der Waals surface area contributed by atoms with Crippen LogP contribution < -0.4 is 18.9 Å². The van der Waals surface area contributed by atoms with Crippen LogP contribution in [0, 0.1) is 18.3 Å². The fourth-order valence-electron chi connectivity index (χ4n) is 3.19. The number of hydrogen-bond donors (Lipinski definition) is 0. The van der Waals surface area contributed by atoms with Crippen LogP contribution in [0.15, 0.2) is 66.7 Å². The second kappa shape index (κ2) is 11.4. The lowest BCUT2D eigenvalue weighted by atomic mass is 10.0. The average molecular weight is 456 g/mol. The molecule has 0 saturated carbocycles. The minimum Gasteiger partial charge on any atom is -0.493 e. The highest BCUT2D eigenvalue weighted by Crippen LogP contribution is 2.33. The summed E-state index contributed by atoms with van der Waals surface area (Å²) in [6, 6.07) is 20.3. The van der Waals surface area contributed by atoms with E-state index in [-0.39, 0.29) is 5.75 Å². The van der Waals surface area contributed by atoms with Crippen molar-refractivity contribution in [3.05, 3.63) is 89.0 Å². The maximum Gasteiger partial charge on any atom is 0.336 e. The Labute approximate surface area is 199 Å². The van der Waals surface area contributed by atoms with Crippen LogP contribution in [0.3, 0.4) is 0 Å². The molecule has 172 valence electrons. The number of esters is 1. The Morgan fingerprint density at radius 2 is 1.41 bits per heavy atom. The van der Waals surface area contributed by atoms with Crippen LogP contribution >= 0.6 is 0 Å². The second-order valence-electron chi connectivity index (χ2n) is 7.31. The number of ether oxygens (including phenoxy) is 4.